The molecule has 1 aromatic carbocycles. The molecule has 2 fully saturated rings. The molecular formula is C16H19N3O2. The summed E-state index contributed by atoms with van der Waals surface area (Å²) in [6.07, 6.45) is 8.17. The van der Waals surface area contributed by atoms with Crippen LogP contribution in [0.4, 0.5) is 0 Å². The number of methoxy groups -OCH3 is 1. The molecule has 0 amide bonds. The molecule has 1 aliphatic carbocycles. The van der Waals surface area contributed by atoms with Crippen molar-refractivity contribution >= 4 is 10.9 Å². The summed E-state index contributed by atoms with van der Waals surface area (Å²) in [5, 5.41) is 4.34. The minimum atomic E-state index is -0.688. The Morgan fingerprint density at radius 2 is 2.10 bits per heavy atom. The van der Waals surface area contributed by atoms with Crippen LogP contribution >= 0.6 is 0 Å². The Labute approximate surface area is 123 Å². The summed E-state index contributed by atoms with van der Waals surface area (Å²) in [5.41, 5.74) is 1.03. The number of ether oxygens (including phenoxy) is 2. The number of nitrogens with zero attached hydrogens (tertiary/aromatic N) is 2. The minimum absolute atomic E-state index is 0.115. The highest BCUT2D eigenvalue weighted by Crippen LogP contribution is 2.52. The smallest absolute Gasteiger partial charge is 0.277 e. The first-order valence-corrected chi connectivity index (χ1v) is 7.46. The Hall–Kier alpha value is -1.72. The van der Waals surface area contributed by atoms with E-state index in [2.05, 4.69) is 15.3 Å². The van der Waals surface area contributed by atoms with Crippen LogP contribution in [0.2, 0.25) is 0 Å². The summed E-state index contributed by atoms with van der Waals surface area (Å²) in [5.74, 6) is 0.102. The van der Waals surface area contributed by atoms with Gasteiger partial charge in [0.25, 0.3) is 5.91 Å². The lowest BCUT2D eigenvalue weighted by atomic mass is 9.75. The summed E-state index contributed by atoms with van der Waals surface area (Å²) in [6.45, 7) is 0.970. The number of hydrogen-bond acceptors (Lipinski definition) is 5. The van der Waals surface area contributed by atoms with Gasteiger partial charge in [-0.1, -0.05) is 12.8 Å². The first-order valence-electron chi connectivity index (χ1n) is 7.46. The standard InChI is InChI=1S/C16H19N3O2/c1-20-16(15(10-19-16)6-2-3-7-15)21-13-4-5-14-12(8-13)9-17-11-18-14/h4-5,8-9,11,19H,2-3,6-7,10H2,1H3. The van der Waals surface area contributed by atoms with Crippen LogP contribution in [0, 0.1) is 5.41 Å². The molecule has 4 rings (SSSR count). The molecular weight excluding hydrogens is 266 g/mol. The van der Waals surface area contributed by atoms with Crippen LogP contribution in [0.25, 0.3) is 10.9 Å². The third kappa shape index (κ3) is 1.84. The summed E-state index contributed by atoms with van der Waals surface area (Å²) < 4.78 is 12.0. The van der Waals surface area contributed by atoms with Gasteiger partial charge in [0.1, 0.15) is 12.1 Å². The topological polar surface area (TPSA) is 56.3 Å². The SMILES string of the molecule is COC1(Oc2ccc3ncncc3c2)NCC12CCCC2. The molecule has 1 aromatic heterocycles. The molecule has 1 saturated carbocycles. The van der Waals surface area contributed by atoms with Gasteiger partial charge < -0.3 is 9.47 Å². The third-order valence-electron chi connectivity index (χ3n) is 4.94. The second kappa shape index (κ2) is 4.64. The fraction of sp³-hybridized carbons (Fsp3) is 0.500. The van der Waals surface area contributed by atoms with Crippen LogP contribution in [-0.4, -0.2) is 29.5 Å². The van der Waals surface area contributed by atoms with Crippen LogP contribution in [0.1, 0.15) is 25.7 Å². The highest BCUT2D eigenvalue weighted by Gasteiger charge is 2.63. The Bertz CT molecular complexity index is 665. The average Bonchev–Trinajstić information content (AvgIpc) is 3.04. The van der Waals surface area contributed by atoms with Gasteiger partial charge in [0.15, 0.2) is 0 Å². The lowest BCUT2D eigenvalue weighted by molar-refractivity contribution is -0.311. The van der Waals surface area contributed by atoms with Crippen LogP contribution < -0.4 is 10.1 Å². The molecule has 21 heavy (non-hydrogen) atoms. The molecule has 2 aliphatic rings. The van der Waals surface area contributed by atoms with Crippen molar-refractivity contribution in [1.29, 1.82) is 0 Å². The summed E-state index contributed by atoms with van der Waals surface area (Å²) in [7, 11) is 1.72. The molecule has 5 heteroatoms. The van der Waals surface area contributed by atoms with Crippen molar-refractivity contribution in [3.8, 4) is 5.75 Å². The van der Waals surface area contributed by atoms with Crippen LogP contribution in [0.5, 0.6) is 5.75 Å². The highest BCUT2D eigenvalue weighted by molar-refractivity contribution is 5.78. The summed E-state index contributed by atoms with van der Waals surface area (Å²) in [4.78, 5) is 8.29. The van der Waals surface area contributed by atoms with Gasteiger partial charge in [0.2, 0.25) is 0 Å². The van der Waals surface area contributed by atoms with Crippen molar-refractivity contribution in [1.82, 2.24) is 15.3 Å². The molecule has 0 radical (unpaired) electrons. The molecule has 1 spiro atoms. The van der Waals surface area contributed by atoms with Crippen molar-refractivity contribution in [3.63, 3.8) is 0 Å². The Morgan fingerprint density at radius 1 is 1.24 bits per heavy atom. The lowest BCUT2D eigenvalue weighted by Crippen LogP contribution is -2.76. The number of aromatic nitrogens is 2. The van der Waals surface area contributed by atoms with E-state index >= 15 is 0 Å². The quantitative estimate of drug-likeness (QED) is 0.878. The van der Waals surface area contributed by atoms with Gasteiger partial charge in [0.05, 0.1) is 10.9 Å². The lowest BCUT2D eigenvalue weighted by Gasteiger charge is -2.55. The zero-order valence-corrected chi connectivity index (χ0v) is 12.1. The van der Waals surface area contributed by atoms with Crippen LogP contribution in [-0.2, 0) is 4.74 Å². The van der Waals surface area contributed by atoms with Gasteiger partial charge in [-0.15, -0.1) is 0 Å². The zero-order chi connectivity index (χ0) is 14.3. The van der Waals surface area contributed by atoms with Gasteiger partial charge in [-0.05, 0) is 31.0 Å². The van der Waals surface area contributed by atoms with E-state index in [-0.39, 0.29) is 5.41 Å². The largest absolute Gasteiger partial charge is 0.448 e. The predicted molar refractivity (Wildman–Crippen MR) is 78.8 cm³/mol. The van der Waals surface area contributed by atoms with Gasteiger partial charge in [0, 0.05) is 25.2 Å². The molecule has 1 N–H and O–H groups in total. The first kappa shape index (κ1) is 13.0. The Morgan fingerprint density at radius 3 is 2.81 bits per heavy atom. The number of benzene rings is 1. The van der Waals surface area contributed by atoms with Gasteiger partial charge in [-0.3, -0.25) is 5.32 Å². The first-order chi connectivity index (χ1) is 10.3. The van der Waals surface area contributed by atoms with E-state index in [1.54, 1.807) is 19.6 Å². The fourth-order valence-electron chi connectivity index (χ4n) is 3.71. The van der Waals surface area contributed by atoms with Crippen LogP contribution in [0.3, 0.4) is 0 Å². The van der Waals surface area contributed by atoms with Crippen molar-refractivity contribution in [3.05, 3.63) is 30.7 Å². The molecule has 1 unspecified atom stereocenters. The molecule has 5 nitrogen and oxygen atoms in total. The fourth-order valence-corrected chi connectivity index (χ4v) is 3.71. The second-order valence-corrected chi connectivity index (χ2v) is 6.01. The van der Waals surface area contributed by atoms with Gasteiger partial charge in [-0.2, -0.15) is 0 Å². The van der Waals surface area contributed by atoms with E-state index in [1.807, 2.05) is 18.2 Å². The maximum absolute atomic E-state index is 6.24. The number of nitrogens with one attached hydrogen (secondary N) is 1. The molecule has 0 bridgehead atoms. The van der Waals surface area contributed by atoms with E-state index in [0.717, 1.165) is 36.0 Å². The molecule has 1 atom stereocenters. The third-order valence-corrected chi connectivity index (χ3v) is 4.94. The van der Waals surface area contributed by atoms with Crippen molar-refractivity contribution in [2.75, 3.05) is 13.7 Å². The number of fused-ring (bicyclic) bond motifs is 1. The predicted octanol–water partition coefficient (Wildman–Crippen LogP) is 2.47. The average molecular weight is 285 g/mol. The highest BCUT2D eigenvalue weighted by atomic mass is 16.7. The maximum atomic E-state index is 6.24. The normalized spacial score (nSPS) is 26.9. The van der Waals surface area contributed by atoms with E-state index in [1.165, 1.54) is 12.8 Å². The van der Waals surface area contributed by atoms with Gasteiger partial charge >= 0.3 is 0 Å². The monoisotopic (exact) mass is 285 g/mol. The zero-order valence-electron chi connectivity index (χ0n) is 12.1. The number of hydrogen-bond donors (Lipinski definition) is 1. The maximum Gasteiger partial charge on any atom is 0.277 e. The van der Waals surface area contributed by atoms with Gasteiger partial charge in [-0.25, -0.2) is 9.97 Å². The van der Waals surface area contributed by atoms with Crippen molar-refractivity contribution in [2.45, 2.75) is 31.6 Å². The Kier molecular flexibility index (Phi) is 2.87. The molecule has 110 valence electrons. The number of rotatable bonds is 3. The molecule has 2 heterocycles. The summed E-state index contributed by atoms with van der Waals surface area (Å²) >= 11 is 0. The van der Waals surface area contributed by atoms with E-state index in [4.69, 9.17) is 9.47 Å². The van der Waals surface area contributed by atoms with E-state index in [0.29, 0.717) is 0 Å². The van der Waals surface area contributed by atoms with Crippen molar-refractivity contribution < 1.29 is 9.47 Å². The molecule has 1 aliphatic heterocycles. The molecule has 1 saturated heterocycles. The summed E-state index contributed by atoms with van der Waals surface area (Å²) in [6, 6.07) is 5.87. The Balaban J connectivity index is 1.66. The minimum Gasteiger partial charge on any atom is -0.448 e. The van der Waals surface area contributed by atoms with Crippen LogP contribution in [0.15, 0.2) is 30.7 Å². The molecule has 2 aromatic rings. The second-order valence-electron chi connectivity index (χ2n) is 6.01. The van der Waals surface area contributed by atoms with E-state index in [9.17, 15) is 0 Å². The van der Waals surface area contributed by atoms with Crippen molar-refractivity contribution in [2.24, 2.45) is 5.41 Å². The van der Waals surface area contributed by atoms with E-state index < -0.39 is 5.91 Å².